The number of nitrogens with zero attached hydrogens (tertiary/aromatic N) is 2. The van der Waals surface area contributed by atoms with Crippen molar-refractivity contribution in [2.75, 3.05) is 0 Å². The summed E-state index contributed by atoms with van der Waals surface area (Å²) in [7, 11) is 0. The summed E-state index contributed by atoms with van der Waals surface area (Å²) in [5.41, 5.74) is 2.37. The number of phenolic OH excluding ortho intramolecular Hbond substituents is 1. The van der Waals surface area contributed by atoms with E-state index in [2.05, 4.69) is 10.2 Å². The number of rotatable bonds is 3. The first-order valence-electron chi connectivity index (χ1n) is 6.07. The standard InChI is InChI=1S/C14H13Cl3N2O/c1-7(2)10-3-8(18-19-14(10)17)4-11-12(15)5-9(20)6-13(11)16/h3,5-7,20H,4H2,1-2H3. The molecule has 0 fully saturated rings. The van der Waals surface area contributed by atoms with Crippen molar-refractivity contribution in [2.24, 2.45) is 0 Å². The molecule has 0 aliphatic heterocycles. The van der Waals surface area contributed by atoms with Gasteiger partial charge in [0.05, 0.1) is 5.69 Å². The summed E-state index contributed by atoms with van der Waals surface area (Å²) in [5.74, 6) is 0.288. The molecule has 3 nitrogen and oxygen atoms in total. The van der Waals surface area contributed by atoms with E-state index in [1.165, 1.54) is 12.1 Å². The first kappa shape index (κ1) is 15.4. The van der Waals surface area contributed by atoms with E-state index in [9.17, 15) is 5.11 Å². The molecule has 0 radical (unpaired) electrons. The molecule has 0 spiro atoms. The maximum Gasteiger partial charge on any atom is 0.155 e. The molecule has 0 atom stereocenters. The molecule has 1 aromatic heterocycles. The first-order valence-corrected chi connectivity index (χ1v) is 7.20. The van der Waals surface area contributed by atoms with Gasteiger partial charge in [0.2, 0.25) is 0 Å². The predicted octanol–water partition coefficient (Wildman–Crippen LogP) is 4.86. The van der Waals surface area contributed by atoms with Gasteiger partial charge in [-0.1, -0.05) is 48.7 Å². The van der Waals surface area contributed by atoms with Crippen molar-refractivity contribution < 1.29 is 5.11 Å². The molecule has 0 aliphatic rings. The third kappa shape index (κ3) is 3.35. The van der Waals surface area contributed by atoms with Crippen LogP contribution >= 0.6 is 34.8 Å². The molecule has 2 rings (SSSR count). The molecule has 20 heavy (non-hydrogen) atoms. The van der Waals surface area contributed by atoms with E-state index >= 15 is 0 Å². The lowest BCUT2D eigenvalue weighted by molar-refractivity contribution is 0.475. The van der Waals surface area contributed by atoms with Crippen LogP contribution in [-0.2, 0) is 6.42 Å². The normalized spacial score (nSPS) is 11.1. The van der Waals surface area contributed by atoms with Crippen LogP contribution in [0.2, 0.25) is 15.2 Å². The van der Waals surface area contributed by atoms with Crippen LogP contribution in [0.3, 0.4) is 0 Å². The molecule has 0 amide bonds. The fourth-order valence-electron chi connectivity index (χ4n) is 1.86. The van der Waals surface area contributed by atoms with E-state index in [-0.39, 0.29) is 11.7 Å². The van der Waals surface area contributed by atoms with Gasteiger partial charge in [-0.2, -0.15) is 5.10 Å². The Labute approximate surface area is 132 Å². The fraction of sp³-hybridized carbons (Fsp3) is 0.286. The summed E-state index contributed by atoms with van der Waals surface area (Å²) in [5, 5.41) is 18.6. The van der Waals surface area contributed by atoms with Crippen molar-refractivity contribution in [1.82, 2.24) is 10.2 Å². The lowest BCUT2D eigenvalue weighted by Gasteiger charge is -2.10. The van der Waals surface area contributed by atoms with Crippen LogP contribution in [0.4, 0.5) is 0 Å². The van der Waals surface area contributed by atoms with E-state index in [0.717, 1.165) is 11.3 Å². The lowest BCUT2D eigenvalue weighted by Crippen LogP contribution is -2.01. The van der Waals surface area contributed by atoms with Crippen LogP contribution in [0.15, 0.2) is 18.2 Å². The number of aromatic nitrogens is 2. The average Bonchev–Trinajstić information content (AvgIpc) is 2.35. The van der Waals surface area contributed by atoms with Crippen molar-refractivity contribution in [3.63, 3.8) is 0 Å². The van der Waals surface area contributed by atoms with Crippen molar-refractivity contribution in [2.45, 2.75) is 26.2 Å². The molecule has 0 saturated heterocycles. The summed E-state index contributed by atoms with van der Waals surface area (Å²) in [4.78, 5) is 0. The number of aromatic hydroxyl groups is 1. The molecule has 6 heteroatoms. The van der Waals surface area contributed by atoms with Crippen LogP contribution in [0.25, 0.3) is 0 Å². The zero-order valence-electron chi connectivity index (χ0n) is 11.0. The van der Waals surface area contributed by atoms with Crippen molar-refractivity contribution in [1.29, 1.82) is 0 Å². The summed E-state index contributed by atoms with van der Waals surface area (Å²) in [6.45, 7) is 4.07. The molecular weight excluding hydrogens is 319 g/mol. The highest BCUT2D eigenvalue weighted by molar-refractivity contribution is 6.36. The molecule has 106 valence electrons. The highest BCUT2D eigenvalue weighted by Crippen LogP contribution is 2.32. The Balaban J connectivity index is 2.38. The zero-order chi connectivity index (χ0) is 14.9. The Morgan fingerprint density at radius 3 is 2.20 bits per heavy atom. The topological polar surface area (TPSA) is 46.0 Å². The molecular formula is C14H13Cl3N2O. The molecule has 1 N–H and O–H groups in total. The largest absolute Gasteiger partial charge is 0.508 e. The fourth-order valence-corrected chi connectivity index (χ4v) is 2.78. The van der Waals surface area contributed by atoms with Gasteiger partial charge in [-0.25, -0.2) is 0 Å². The minimum atomic E-state index is 0.0359. The highest BCUT2D eigenvalue weighted by atomic mass is 35.5. The molecule has 0 unspecified atom stereocenters. The van der Waals surface area contributed by atoms with Gasteiger partial charge < -0.3 is 5.11 Å². The van der Waals surface area contributed by atoms with Gasteiger partial charge in [0.1, 0.15) is 5.75 Å². The number of halogens is 3. The Hall–Kier alpha value is -1.03. The van der Waals surface area contributed by atoms with E-state index in [4.69, 9.17) is 34.8 Å². The number of phenols is 1. The third-order valence-electron chi connectivity index (χ3n) is 2.93. The van der Waals surface area contributed by atoms with Crippen molar-refractivity contribution in [3.8, 4) is 5.75 Å². The minimum Gasteiger partial charge on any atom is -0.508 e. The predicted molar refractivity (Wildman–Crippen MR) is 82.1 cm³/mol. The second kappa shape index (κ2) is 6.17. The summed E-state index contributed by atoms with van der Waals surface area (Å²) in [6.07, 6.45) is 0.432. The monoisotopic (exact) mass is 330 g/mol. The van der Waals surface area contributed by atoms with Gasteiger partial charge in [0.25, 0.3) is 0 Å². The van der Waals surface area contributed by atoms with Crippen molar-refractivity contribution in [3.05, 3.63) is 50.2 Å². The van der Waals surface area contributed by atoms with Crippen LogP contribution in [0, 0.1) is 0 Å². The average molecular weight is 332 g/mol. The second-order valence-electron chi connectivity index (χ2n) is 4.80. The Bertz CT molecular complexity index is 621. The van der Waals surface area contributed by atoms with Crippen LogP contribution in [0.5, 0.6) is 5.75 Å². The van der Waals surface area contributed by atoms with Gasteiger partial charge in [0.15, 0.2) is 5.15 Å². The van der Waals surface area contributed by atoms with E-state index in [0.29, 0.717) is 27.2 Å². The van der Waals surface area contributed by atoms with Gasteiger partial charge in [0, 0.05) is 16.5 Å². The summed E-state index contributed by atoms with van der Waals surface area (Å²) in [6, 6.07) is 4.81. The molecule has 0 aliphatic carbocycles. The summed E-state index contributed by atoms with van der Waals surface area (Å²) >= 11 is 18.2. The molecule has 1 heterocycles. The van der Waals surface area contributed by atoms with Gasteiger partial charge >= 0.3 is 0 Å². The first-order chi connectivity index (χ1) is 9.38. The maximum absolute atomic E-state index is 9.42. The Morgan fingerprint density at radius 1 is 1.05 bits per heavy atom. The SMILES string of the molecule is CC(C)c1cc(Cc2c(Cl)cc(O)cc2Cl)nnc1Cl. The Morgan fingerprint density at radius 2 is 1.65 bits per heavy atom. The van der Waals surface area contributed by atoms with Gasteiger partial charge in [-0.05, 0) is 35.2 Å². The number of benzene rings is 1. The Kier molecular flexibility index (Phi) is 4.74. The van der Waals surface area contributed by atoms with E-state index in [1.54, 1.807) is 0 Å². The van der Waals surface area contributed by atoms with Crippen LogP contribution in [0.1, 0.15) is 36.6 Å². The highest BCUT2D eigenvalue weighted by Gasteiger charge is 2.13. The van der Waals surface area contributed by atoms with Crippen molar-refractivity contribution >= 4 is 34.8 Å². The lowest BCUT2D eigenvalue weighted by atomic mass is 10.0. The van der Waals surface area contributed by atoms with E-state index < -0.39 is 0 Å². The number of hydrogen-bond donors (Lipinski definition) is 1. The molecule has 1 aromatic carbocycles. The molecule has 0 saturated carbocycles. The van der Waals surface area contributed by atoms with Crippen LogP contribution in [-0.4, -0.2) is 15.3 Å². The van der Waals surface area contributed by atoms with Gasteiger partial charge in [-0.3, -0.25) is 0 Å². The zero-order valence-corrected chi connectivity index (χ0v) is 13.3. The molecule has 0 bridgehead atoms. The maximum atomic E-state index is 9.42. The van der Waals surface area contributed by atoms with E-state index in [1.807, 2.05) is 19.9 Å². The van der Waals surface area contributed by atoms with Crippen LogP contribution < -0.4 is 0 Å². The quantitative estimate of drug-likeness (QED) is 0.874. The molecule has 2 aromatic rings. The second-order valence-corrected chi connectivity index (χ2v) is 5.97. The van der Waals surface area contributed by atoms with Gasteiger partial charge in [-0.15, -0.1) is 5.10 Å². The smallest absolute Gasteiger partial charge is 0.155 e. The third-order valence-corrected chi connectivity index (χ3v) is 3.90. The summed E-state index contributed by atoms with van der Waals surface area (Å²) < 4.78 is 0. The number of hydrogen-bond acceptors (Lipinski definition) is 3. The minimum absolute atomic E-state index is 0.0359.